The zero-order valence-corrected chi connectivity index (χ0v) is 8.03. The zero-order valence-electron chi connectivity index (χ0n) is 8.03. The fraction of sp³-hybridized carbons (Fsp3) is 0.545. The molecule has 0 N–H and O–H groups in total. The van der Waals surface area contributed by atoms with Gasteiger partial charge in [-0.1, -0.05) is 24.3 Å². The van der Waals surface area contributed by atoms with Gasteiger partial charge in [-0.15, -0.1) is 0 Å². The summed E-state index contributed by atoms with van der Waals surface area (Å²) in [6.45, 7) is 2.64. The van der Waals surface area contributed by atoms with Crippen LogP contribution in [0.5, 0.6) is 0 Å². The SMILES string of the molecule is CC=CCC=CCCC(=O)[C@@H]1CO1. The van der Waals surface area contributed by atoms with E-state index in [1.807, 2.05) is 13.0 Å². The minimum absolute atomic E-state index is 0.0658. The number of ketones is 1. The van der Waals surface area contributed by atoms with Crippen molar-refractivity contribution >= 4 is 5.78 Å². The van der Waals surface area contributed by atoms with Gasteiger partial charge in [0.05, 0.1) is 6.61 Å². The molecule has 0 spiro atoms. The van der Waals surface area contributed by atoms with E-state index in [2.05, 4.69) is 18.2 Å². The highest BCUT2D eigenvalue weighted by atomic mass is 16.6. The summed E-state index contributed by atoms with van der Waals surface area (Å²) in [5.74, 6) is 0.246. The van der Waals surface area contributed by atoms with E-state index in [1.165, 1.54) is 0 Å². The van der Waals surface area contributed by atoms with E-state index in [1.54, 1.807) is 0 Å². The number of allylic oxidation sites excluding steroid dienone is 4. The van der Waals surface area contributed by atoms with Gasteiger partial charge in [-0.2, -0.15) is 0 Å². The Kier molecular flexibility index (Phi) is 4.47. The summed E-state index contributed by atoms with van der Waals surface area (Å²) < 4.78 is 4.88. The van der Waals surface area contributed by atoms with Crippen LogP contribution in [0.4, 0.5) is 0 Å². The van der Waals surface area contributed by atoms with E-state index in [4.69, 9.17) is 4.74 Å². The molecule has 0 aromatic heterocycles. The molecule has 2 heteroatoms. The highest BCUT2D eigenvalue weighted by molar-refractivity contribution is 5.85. The van der Waals surface area contributed by atoms with Crippen LogP contribution >= 0.6 is 0 Å². The number of rotatable bonds is 6. The molecule has 0 aliphatic carbocycles. The molecule has 72 valence electrons. The van der Waals surface area contributed by atoms with Crippen molar-refractivity contribution < 1.29 is 9.53 Å². The number of hydrogen-bond donors (Lipinski definition) is 0. The van der Waals surface area contributed by atoms with E-state index in [9.17, 15) is 4.79 Å². The van der Waals surface area contributed by atoms with Crippen LogP contribution in [0.15, 0.2) is 24.3 Å². The maximum Gasteiger partial charge on any atom is 0.164 e. The van der Waals surface area contributed by atoms with Crippen LogP contribution in [0.2, 0.25) is 0 Å². The average molecular weight is 180 g/mol. The van der Waals surface area contributed by atoms with Crippen LogP contribution in [-0.4, -0.2) is 18.5 Å². The lowest BCUT2D eigenvalue weighted by molar-refractivity contribution is -0.120. The summed E-state index contributed by atoms with van der Waals surface area (Å²) in [7, 11) is 0. The molecule has 0 aromatic rings. The maximum atomic E-state index is 11.1. The average Bonchev–Trinajstić information content (AvgIpc) is 2.93. The molecule has 1 aliphatic rings. The Morgan fingerprint density at radius 2 is 2.23 bits per heavy atom. The second-order valence-electron chi connectivity index (χ2n) is 3.10. The van der Waals surface area contributed by atoms with E-state index in [0.717, 1.165) is 12.8 Å². The number of carbonyl (C=O) groups excluding carboxylic acids is 1. The van der Waals surface area contributed by atoms with Gasteiger partial charge >= 0.3 is 0 Å². The zero-order chi connectivity index (χ0) is 9.52. The minimum Gasteiger partial charge on any atom is -0.365 e. The molecular formula is C11H16O2. The predicted molar refractivity (Wildman–Crippen MR) is 52.6 cm³/mol. The van der Waals surface area contributed by atoms with Crippen molar-refractivity contribution in [1.82, 2.24) is 0 Å². The molecule has 1 atom stereocenters. The lowest BCUT2D eigenvalue weighted by Gasteiger charge is -1.90. The van der Waals surface area contributed by atoms with E-state index >= 15 is 0 Å². The predicted octanol–water partition coefficient (Wildman–Crippen LogP) is 2.26. The van der Waals surface area contributed by atoms with Gasteiger partial charge in [0.1, 0.15) is 6.10 Å². The fourth-order valence-electron chi connectivity index (χ4n) is 1.05. The number of ether oxygens (including phenoxy) is 1. The van der Waals surface area contributed by atoms with Crippen molar-refractivity contribution in [3.05, 3.63) is 24.3 Å². The first-order valence-corrected chi connectivity index (χ1v) is 4.75. The summed E-state index contributed by atoms with van der Waals surface area (Å²) >= 11 is 0. The summed E-state index contributed by atoms with van der Waals surface area (Å²) in [6.07, 6.45) is 10.6. The summed E-state index contributed by atoms with van der Waals surface area (Å²) in [5.41, 5.74) is 0. The Bertz CT molecular complexity index is 212. The molecule has 0 radical (unpaired) electrons. The highest BCUT2D eigenvalue weighted by Gasteiger charge is 2.29. The maximum absolute atomic E-state index is 11.1. The van der Waals surface area contributed by atoms with Crippen molar-refractivity contribution in [1.29, 1.82) is 0 Å². The lowest BCUT2D eigenvalue weighted by atomic mass is 10.1. The summed E-state index contributed by atoms with van der Waals surface area (Å²) in [5, 5.41) is 0. The highest BCUT2D eigenvalue weighted by Crippen LogP contribution is 2.13. The number of Topliss-reactive ketones (excluding diaryl/α,β-unsaturated/α-hetero) is 1. The first kappa shape index (κ1) is 10.2. The van der Waals surface area contributed by atoms with Crippen LogP contribution < -0.4 is 0 Å². The van der Waals surface area contributed by atoms with Gasteiger partial charge in [0.2, 0.25) is 0 Å². The topological polar surface area (TPSA) is 29.6 Å². The Hall–Kier alpha value is -0.890. The molecule has 0 amide bonds. The van der Waals surface area contributed by atoms with Gasteiger partial charge in [0.15, 0.2) is 5.78 Å². The molecule has 0 saturated carbocycles. The second kappa shape index (κ2) is 5.70. The molecule has 1 rings (SSSR count). The molecule has 13 heavy (non-hydrogen) atoms. The van der Waals surface area contributed by atoms with Crippen molar-refractivity contribution in [2.45, 2.75) is 32.3 Å². The minimum atomic E-state index is -0.0658. The van der Waals surface area contributed by atoms with Gasteiger partial charge in [-0.25, -0.2) is 0 Å². The third-order valence-electron chi connectivity index (χ3n) is 1.92. The van der Waals surface area contributed by atoms with E-state index in [-0.39, 0.29) is 11.9 Å². The molecule has 1 saturated heterocycles. The molecule has 0 bridgehead atoms. The monoisotopic (exact) mass is 180 g/mol. The molecule has 1 aliphatic heterocycles. The summed E-state index contributed by atoms with van der Waals surface area (Å²) in [6, 6.07) is 0. The van der Waals surface area contributed by atoms with Gasteiger partial charge in [0.25, 0.3) is 0 Å². The number of epoxide rings is 1. The largest absolute Gasteiger partial charge is 0.365 e. The van der Waals surface area contributed by atoms with Crippen LogP contribution in [-0.2, 0) is 9.53 Å². The molecule has 1 heterocycles. The molecular weight excluding hydrogens is 164 g/mol. The fourth-order valence-corrected chi connectivity index (χ4v) is 1.05. The summed E-state index contributed by atoms with van der Waals surface area (Å²) in [4.78, 5) is 11.1. The van der Waals surface area contributed by atoms with E-state index < -0.39 is 0 Å². The molecule has 1 fully saturated rings. The Morgan fingerprint density at radius 3 is 2.85 bits per heavy atom. The van der Waals surface area contributed by atoms with Gasteiger partial charge in [-0.3, -0.25) is 4.79 Å². The third kappa shape index (κ3) is 4.63. The Labute approximate surface area is 79.3 Å². The lowest BCUT2D eigenvalue weighted by Crippen LogP contribution is -2.04. The standard InChI is InChI=1S/C11H16O2/c1-2-3-4-5-6-7-8-10(12)11-9-13-11/h2-3,5-6,11H,4,7-9H2,1H3/t11-/m0/s1. The smallest absolute Gasteiger partial charge is 0.164 e. The van der Waals surface area contributed by atoms with Crippen molar-refractivity contribution in [3.8, 4) is 0 Å². The molecule has 0 unspecified atom stereocenters. The van der Waals surface area contributed by atoms with Crippen molar-refractivity contribution in [2.75, 3.05) is 6.61 Å². The molecule has 0 aromatic carbocycles. The van der Waals surface area contributed by atoms with Gasteiger partial charge < -0.3 is 4.74 Å². The van der Waals surface area contributed by atoms with Crippen LogP contribution in [0, 0.1) is 0 Å². The van der Waals surface area contributed by atoms with Crippen LogP contribution in [0.3, 0.4) is 0 Å². The number of hydrogen-bond acceptors (Lipinski definition) is 2. The normalized spacial score (nSPS) is 21.5. The molecule has 2 nitrogen and oxygen atoms in total. The Balaban J connectivity index is 1.99. The van der Waals surface area contributed by atoms with Crippen molar-refractivity contribution in [2.24, 2.45) is 0 Å². The first-order valence-electron chi connectivity index (χ1n) is 4.75. The number of carbonyl (C=O) groups is 1. The van der Waals surface area contributed by atoms with E-state index in [0.29, 0.717) is 13.0 Å². The van der Waals surface area contributed by atoms with Gasteiger partial charge in [-0.05, 0) is 19.8 Å². The van der Waals surface area contributed by atoms with Crippen LogP contribution in [0.25, 0.3) is 0 Å². The van der Waals surface area contributed by atoms with Gasteiger partial charge in [0, 0.05) is 6.42 Å². The quantitative estimate of drug-likeness (QED) is 0.463. The first-order chi connectivity index (χ1) is 6.34. The second-order valence-corrected chi connectivity index (χ2v) is 3.10. The van der Waals surface area contributed by atoms with Crippen molar-refractivity contribution in [3.63, 3.8) is 0 Å². The Morgan fingerprint density at radius 1 is 1.46 bits per heavy atom. The third-order valence-corrected chi connectivity index (χ3v) is 1.92. The van der Waals surface area contributed by atoms with Crippen LogP contribution in [0.1, 0.15) is 26.2 Å².